The maximum absolute atomic E-state index is 5.62. The summed E-state index contributed by atoms with van der Waals surface area (Å²) in [5.74, 6) is 0.752. The van der Waals surface area contributed by atoms with Gasteiger partial charge in [-0.25, -0.2) is 0 Å². The summed E-state index contributed by atoms with van der Waals surface area (Å²) in [7, 11) is 0. The molecule has 0 aromatic rings. The van der Waals surface area contributed by atoms with E-state index in [1.165, 1.54) is 13.0 Å². The first-order valence-corrected chi connectivity index (χ1v) is 6.66. The Labute approximate surface area is 101 Å². The number of ether oxygens (including phenoxy) is 1. The Hall–Kier alpha value is -0.120. The van der Waals surface area contributed by atoms with Crippen LogP contribution in [0, 0.1) is 5.92 Å². The van der Waals surface area contributed by atoms with Crippen molar-refractivity contribution >= 4 is 0 Å². The molecule has 3 nitrogen and oxygen atoms in total. The van der Waals surface area contributed by atoms with Gasteiger partial charge in [-0.15, -0.1) is 0 Å². The summed E-state index contributed by atoms with van der Waals surface area (Å²) >= 11 is 0. The highest BCUT2D eigenvalue weighted by Gasteiger charge is 2.22. The lowest BCUT2D eigenvalue weighted by atomic mass is 10.2. The molecule has 0 spiro atoms. The van der Waals surface area contributed by atoms with E-state index < -0.39 is 0 Å². The molecule has 96 valence electrons. The van der Waals surface area contributed by atoms with Gasteiger partial charge >= 0.3 is 0 Å². The summed E-state index contributed by atoms with van der Waals surface area (Å²) in [6.45, 7) is 14.4. The molecule has 2 unspecified atom stereocenters. The van der Waals surface area contributed by atoms with E-state index in [1.54, 1.807) is 0 Å². The van der Waals surface area contributed by atoms with Gasteiger partial charge in [0.25, 0.3) is 0 Å². The van der Waals surface area contributed by atoms with E-state index in [2.05, 4.69) is 37.9 Å². The molecule has 1 aliphatic rings. The molecular formula is C13H28N2O. The number of rotatable bonds is 6. The molecule has 0 aromatic heterocycles. The fourth-order valence-corrected chi connectivity index (χ4v) is 2.08. The monoisotopic (exact) mass is 228 g/mol. The molecule has 2 atom stereocenters. The summed E-state index contributed by atoms with van der Waals surface area (Å²) in [5, 5.41) is 3.49. The van der Waals surface area contributed by atoms with Gasteiger partial charge < -0.3 is 10.1 Å². The van der Waals surface area contributed by atoms with Gasteiger partial charge in [0.15, 0.2) is 0 Å². The SMILES string of the molecule is CC(C)CNCCCN1CC(C)OCC1C. The van der Waals surface area contributed by atoms with Crippen molar-refractivity contribution in [2.45, 2.75) is 46.3 Å². The zero-order valence-electron chi connectivity index (χ0n) is 11.3. The van der Waals surface area contributed by atoms with E-state index in [0.717, 1.165) is 32.2 Å². The predicted octanol–water partition coefficient (Wildman–Crippen LogP) is 1.73. The predicted molar refractivity (Wildman–Crippen MR) is 68.8 cm³/mol. The van der Waals surface area contributed by atoms with Gasteiger partial charge in [0, 0.05) is 12.6 Å². The highest BCUT2D eigenvalue weighted by molar-refractivity contribution is 4.75. The Morgan fingerprint density at radius 2 is 2.12 bits per heavy atom. The number of hydrogen-bond acceptors (Lipinski definition) is 3. The second-order valence-electron chi connectivity index (χ2n) is 5.44. The van der Waals surface area contributed by atoms with Crippen LogP contribution in [-0.4, -0.2) is 49.8 Å². The van der Waals surface area contributed by atoms with Crippen LogP contribution in [0.2, 0.25) is 0 Å². The van der Waals surface area contributed by atoms with E-state index in [9.17, 15) is 0 Å². The number of hydrogen-bond donors (Lipinski definition) is 1. The smallest absolute Gasteiger partial charge is 0.0674 e. The molecule has 0 radical (unpaired) electrons. The van der Waals surface area contributed by atoms with Crippen LogP contribution in [0.4, 0.5) is 0 Å². The Morgan fingerprint density at radius 3 is 2.81 bits per heavy atom. The van der Waals surface area contributed by atoms with Crippen LogP contribution in [0.25, 0.3) is 0 Å². The summed E-state index contributed by atoms with van der Waals surface area (Å²) in [5.41, 5.74) is 0. The van der Waals surface area contributed by atoms with E-state index >= 15 is 0 Å². The van der Waals surface area contributed by atoms with Gasteiger partial charge in [-0.2, -0.15) is 0 Å². The van der Waals surface area contributed by atoms with Crippen LogP contribution in [-0.2, 0) is 4.74 Å². The van der Waals surface area contributed by atoms with Crippen LogP contribution in [0.5, 0.6) is 0 Å². The van der Waals surface area contributed by atoms with E-state index in [-0.39, 0.29) is 0 Å². The highest BCUT2D eigenvalue weighted by Crippen LogP contribution is 2.11. The normalized spacial score (nSPS) is 27.6. The third kappa shape index (κ3) is 5.28. The summed E-state index contributed by atoms with van der Waals surface area (Å²) in [4.78, 5) is 2.55. The first kappa shape index (κ1) is 13.9. The fraction of sp³-hybridized carbons (Fsp3) is 1.00. The number of nitrogens with one attached hydrogen (secondary N) is 1. The van der Waals surface area contributed by atoms with E-state index in [4.69, 9.17) is 4.74 Å². The van der Waals surface area contributed by atoms with Crippen LogP contribution < -0.4 is 5.32 Å². The van der Waals surface area contributed by atoms with Gasteiger partial charge in [-0.1, -0.05) is 13.8 Å². The second kappa shape index (κ2) is 7.25. The first-order chi connectivity index (χ1) is 7.59. The lowest BCUT2D eigenvalue weighted by molar-refractivity contribution is -0.0494. The molecule has 16 heavy (non-hydrogen) atoms. The van der Waals surface area contributed by atoms with Crippen LogP contribution in [0.15, 0.2) is 0 Å². The van der Waals surface area contributed by atoms with Crippen molar-refractivity contribution in [3.63, 3.8) is 0 Å². The van der Waals surface area contributed by atoms with Gasteiger partial charge in [0.1, 0.15) is 0 Å². The van der Waals surface area contributed by atoms with Gasteiger partial charge in [-0.05, 0) is 45.8 Å². The van der Waals surface area contributed by atoms with Crippen molar-refractivity contribution in [1.82, 2.24) is 10.2 Å². The van der Waals surface area contributed by atoms with Gasteiger partial charge in [0.2, 0.25) is 0 Å². The summed E-state index contributed by atoms with van der Waals surface area (Å²) in [6, 6.07) is 0.585. The van der Waals surface area contributed by atoms with Crippen LogP contribution >= 0.6 is 0 Å². The van der Waals surface area contributed by atoms with Crippen molar-refractivity contribution in [3.05, 3.63) is 0 Å². The quantitative estimate of drug-likeness (QED) is 0.701. The molecule has 0 aromatic carbocycles. The molecule has 3 heteroatoms. The van der Waals surface area contributed by atoms with Gasteiger partial charge in [0.05, 0.1) is 12.7 Å². The molecule has 0 bridgehead atoms. The average Bonchev–Trinajstić information content (AvgIpc) is 2.22. The Kier molecular flexibility index (Phi) is 6.32. The van der Waals surface area contributed by atoms with Crippen molar-refractivity contribution in [1.29, 1.82) is 0 Å². The molecule has 1 rings (SSSR count). The molecular weight excluding hydrogens is 200 g/mol. The average molecular weight is 228 g/mol. The molecule has 1 saturated heterocycles. The second-order valence-corrected chi connectivity index (χ2v) is 5.44. The molecule has 1 heterocycles. The summed E-state index contributed by atoms with van der Waals surface area (Å²) < 4.78 is 5.62. The standard InChI is InChI=1S/C13H28N2O/c1-11(2)8-14-6-5-7-15-9-13(4)16-10-12(15)3/h11-14H,5-10H2,1-4H3. The highest BCUT2D eigenvalue weighted by atomic mass is 16.5. The number of nitrogens with zero attached hydrogens (tertiary/aromatic N) is 1. The lowest BCUT2D eigenvalue weighted by Crippen LogP contribution is -2.47. The Balaban J connectivity index is 2.07. The van der Waals surface area contributed by atoms with Crippen molar-refractivity contribution in [2.24, 2.45) is 5.92 Å². The molecule has 1 N–H and O–H groups in total. The molecule has 0 saturated carbocycles. The Bertz CT molecular complexity index is 185. The zero-order chi connectivity index (χ0) is 12.0. The molecule has 0 aliphatic carbocycles. The maximum Gasteiger partial charge on any atom is 0.0674 e. The number of morpholine rings is 1. The lowest BCUT2D eigenvalue weighted by Gasteiger charge is -2.36. The third-order valence-electron chi connectivity index (χ3n) is 3.09. The minimum Gasteiger partial charge on any atom is -0.376 e. The minimum absolute atomic E-state index is 0.403. The summed E-state index contributed by atoms with van der Waals surface area (Å²) in [6.07, 6.45) is 1.64. The van der Waals surface area contributed by atoms with E-state index in [1.807, 2.05) is 0 Å². The maximum atomic E-state index is 5.62. The van der Waals surface area contributed by atoms with Gasteiger partial charge in [-0.3, -0.25) is 4.90 Å². The Morgan fingerprint density at radius 1 is 1.38 bits per heavy atom. The first-order valence-electron chi connectivity index (χ1n) is 6.66. The fourth-order valence-electron chi connectivity index (χ4n) is 2.08. The van der Waals surface area contributed by atoms with E-state index in [0.29, 0.717) is 12.1 Å². The minimum atomic E-state index is 0.403. The van der Waals surface area contributed by atoms with Crippen molar-refractivity contribution < 1.29 is 4.74 Å². The zero-order valence-corrected chi connectivity index (χ0v) is 11.3. The van der Waals surface area contributed by atoms with Crippen LogP contribution in [0.3, 0.4) is 0 Å². The van der Waals surface area contributed by atoms with Crippen LogP contribution in [0.1, 0.15) is 34.1 Å². The topological polar surface area (TPSA) is 24.5 Å². The molecule has 0 amide bonds. The van der Waals surface area contributed by atoms with Crippen molar-refractivity contribution in [3.8, 4) is 0 Å². The molecule has 1 aliphatic heterocycles. The van der Waals surface area contributed by atoms with Crippen molar-refractivity contribution in [2.75, 3.05) is 32.8 Å². The molecule has 1 fully saturated rings. The third-order valence-corrected chi connectivity index (χ3v) is 3.09. The largest absolute Gasteiger partial charge is 0.376 e.